The van der Waals surface area contributed by atoms with Crippen LogP contribution in [-0.2, 0) is 4.79 Å². The quantitative estimate of drug-likeness (QED) is 0.626. The summed E-state index contributed by atoms with van der Waals surface area (Å²) in [6, 6.07) is 6.09. The Kier molecular flexibility index (Phi) is 3.80. The Morgan fingerprint density at radius 1 is 1.11 bits per heavy atom. The Morgan fingerprint density at radius 2 is 1.79 bits per heavy atom. The molecule has 1 heterocycles. The molecule has 96 valence electrons. The van der Waals surface area contributed by atoms with E-state index in [0.29, 0.717) is 17.8 Å². The number of aromatic nitrogens is 2. The zero-order valence-corrected chi connectivity index (χ0v) is 10.7. The first kappa shape index (κ1) is 13.1. The largest absolute Gasteiger partial charge is 0.299 e. The van der Waals surface area contributed by atoms with Gasteiger partial charge < -0.3 is 0 Å². The molecule has 0 saturated carbocycles. The van der Waals surface area contributed by atoms with E-state index in [1.165, 1.54) is 18.2 Å². The molecule has 0 aliphatic heterocycles. The van der Waals surface area contributed by atoms with Crippen molar-refractivity contribution in [2.24, 2.45) is 0 Å². The zero-order chi connectivity index (χ0) is 13.8. The van der Waals surface area contributed by atoms with Gasteiger partial charge in [-0.1, -0.05) is 0 Å². The molecular weight excluding hydrogens is 243 g/mol. The van der Waals surface area contributed by atoms with Crippen molar-refractivity contribution in [1.82, 2.24) is 9.97 Å². The van der Waals surface area contributed by atoms with E-state index >= 15 is 0 Å². The minimum Gasteiger partial charge on any atom is -0.299 e. The highest BCUT2D eigenvalue weighted by molar-refractivity contribution is 5.80. The number of nitrogens with zero attached hydrogens (tertiary/aromatic N) is 2. The fourth-order valence-electron chi connectivity index (χ4n) is 1.88. The van der Waals surface area contributed by atoms with Crippen molar-refractivity contribution in [2.45, 2.75) is 13.8 Å². The van der Waals surface area contributed by atoms with Crippen LogP contribution in [-0.4, -0.2) is 16.3 Å². The topological polar surface area (TPSA) is 42.9 Å². The van der Waals surface area contributed by atoms with E-state index in [9.17, 15) is 9.18 Å². The van der Waals surface area contributed by atoms with Crippen molar-refractivity contribution in [3.8, 4) is 11.3 Å². The van der Waals surface area contributed by atoms with Crippen LogP contribution in [0.1, 0.15) is 17.1 Å². The van der Waals surface area contributed by atoms with Gasteiger partial charge in [0.15, 0.2) is 0 Å². The van der Waals surface area contributed by atoms with Crippen molar-refractivity contribution in [3.63, 3.8) is 0 Å². The van der Waals surface area contributed by atoms with Crippen LogP contribution in [0.15, 0.2) is 30.3 Å². The van der Waals surface area contributed by atoms with E-state index < -0.39 is 0 Å². The fraction of sp³-hybridized carbons (Fsp3) is 0.133. The van der Waals surface area contributed by atoms with Gasteiger partial charge in [-0.3, -0.25) is 4.79 Å². The first-order chi connectivity index (χ1) is 9.11. The molecule has 0 radical (unpaired) electrons. The van der Waals surface area contributed by atoms with Crippen LogP contribution in [0.25, 0.3) is 17.3 Å². The molecule has 1 aromatic carbocycles. The summed E-state index contributed by atoms with van der Waals surface area (Å²) in [6.45, 7) is 3.65. The Balaban J connectivity index is 2.63. The number of aryl methyl sites for hydroxylation is 2. The molecule has 0 amide bonds. The molecule has 1 aromatic heterocycles. The minimum atomic E-state index is -0.295. The van der Waals surface area contributed by atoms with Gasteiger partial charge >= 0.3 is 0 Å². The van der Waals surface area contributed by atoms with E-state index in [1.54, 1.807) is 25.1 Å². The van der Waals surface area contributed by atoms with Crippen LogP contribution in [0.4, 0.5) is 4.39 Å². The normalized spacial score (nSPS) is 10.9. The molecule has 0 aliphatic carbocycles. The van der Waals surface area contributed by atoms with Crippen LogP contribution in [0.3, 0.4) is 0 Å². The third-order valence-corrected chi connectivity index (χ3v) is 2.71. The minimum absolute atomic E-state index is 0.295. The third kappa shape index (κ3) is 2.91. The summed E-state index contributed by atoms with van der Waals surface area (Å²) >= 11 is 0. The second-order valence-corrected chi connectivity index (χ2v) is 4.12. The van der Waals surface area contributed by atoms with E-state index in [4.69, 9.17) is 0 Å². The second kappa shape index (κ2) is 5.52. The first-order valence-electron chi connectivity index (χ1n) is 5.85. The lowest BCUT2D eigenvalue weighted by Crippen LogP contribution is -1.99. The molecule has 0 N–H and O–H groups in total. The predicted molar refractivity (Wildman–Crippen MR) is 72.0 cm³/mol. The van der Waals surface area contributed by atoms with Gasteiger partial charge in [-0.25, -0.2) is 14.4 Å². The van der Waals surface area contributed by atoms with E-state index in [2.05, 4.69) is 9.97 Å². The highest BCUT2D eigenvalue weighted by atomic mass is 19.1. The lowest BCUT2D eigenvalue weighted by Gasteiger charge is -2.09. The van der Waals surface area contributed by atoms with Crippen LogP contribution >= 0.6 is 0 Å². The Labute approximate surface area is 110 Å². The van der Waals surface area contributed by atoms with E-state index in [0.717, 1.165) is 16.8 Å². The summed E-state index contributed by atoms with van der Waals surface area (Å²) in [4.78, 5) is 19.1. The van der Waals surface area contributed by atoms with Gasteiger partial charge in [0, 0.05) is 16.8 Å². The van der Waals surface area contributed by atoms with Crippen LogP contribution in [0, 0.1) is 19.7 Å². The summed E-state index contributed by atoms with van der Waals surface area (Å²) in [5.41, 5.74) is 3.04. The van der Waals surface area contributed by atoms with Gasteiger partial charge in [0.25, 0.3) is 0 Å². The lowest BCUT2D eigenvalue weighted by molar-refractivity contribution is -0.104. The number of benzene rings is 1. The lowest BCUT2D eigenvalue weighted by atomic mass is 10.0. The Morgan fingerprint density at radius 3 is 2.42 bits per heavy atom. The highest BCUT2D eigenvalue weighted by Gasteiger charge is 2.10. The summed E-state index contributed by atoms with van der Waals surface area (Å²) in [5, 5.41) is 0. The SMILES string of the molecule is Cc1nc(C)c(/C=C/C=O)c(-c2ccc(F)cc2)n1. The van der Waals surface area contributed by atoms with Crippen molar-refractivity contribution in [1.29, 1.82) is 0 Å². The number of hydrogen-bond donors (Lipinski definition) is 0. The molecule has 3 nitrogen and oxygen atoms in total. The predicted octanol–water partition coefficient (Wildman–Crippen LogP) is 3.11. The highest BCUT2D eigenvalue weighted by Crippen LogP contribution is 2.25. The number of halogens is 1. The van der Waals surface area contributed by atoms with Gasteiger partial charge in [-0.15, -0.1) is 0 Å². The zero-order valence-electron chi connectivity index (χ0n) is 10.7. The molecule has 0 aliphatic rings. The summed E-state index contributed by atoms with van der Waals surface area (Å²) in [6.07, 6.45) is 3.77. The van der Waals surface area contributed by atoms with Gasteiger partial charge in [0.1, 0.15) is 17.9 Å². The molecule has 0 atom stereocenters. The number of hydrogen-bond acceptors (Lipinski definition) is 3. The Hall–Kier alpha value is -2.36. The van der Waals surface area contributed by atoms with Crippen molar-refractivity contribution >= 4 is 12.4 Å². The smallest absolute Gasteiger partial charge is 0.142 e. The second-order valence-electron chi connectivity index (χ2n) is 4.12. The molecule has 0 fully saturated rings. The monoisotopic (exact) mass is 256 g/mol. The van der Waals surface area contributed by atoms with Crippen LogP contribution in [0.5, 0.6) is 0 Å². The maximum Gasteiger partial charge on any atom is 0.142 e. The Bertz CT molecular complexity index is 633. The third-order valence-electron chi connectivity index (χ3n) is 2.71. The summed E-state index contributed by atoms with van der Waals surface area (Å²) < 4.78 is 13.0. The first-order valence-corrected chi connectivity index (χ1v) is 5.85. The summed E-state index contributed by atoms with van der Waals surface area (Å²) in [7, 11) is 0. The average molecular weight is 256 g/mol. The van der Waals surface area contributed by atoms with E-state index in [-0.39, 0.29) is 5.82 Å². The molecule has 4 heteroatoms. The number of allylic oxidation sites excluding steroid dienone is 1. The molecular formula is C15H13FN2O. The number of aldehydes is 1. The van der Waals surface area contributed by atoms with Gasteiger partial charge in [0.05, 0.1) is 5.69 Å². The van der Waals surface area contributed by atoms with Crippen molar-refractivity contribution in [2.75, 3.05) is 0 Å². The molecule has 0 spiro atoms. The van der Waals surface area contributed by atoms with Crippen LogP contribution < -0.4 is 0 Å². The van der Waals surface area contributed by atoms with Crippen molar-refractivity contribution in [3.05, 3.63) is 53.2 Å². The van der Waals surface area contributed by atoms with Gasteiger partial charge in [-0.2, -0.15) is 0 Å². The molecule has 0 unspecified atom stereocenters. The molecule has 2 rings (SSSR count). The molecule has 2 aromatic rings. The molecule has 0 saturated heterocycles. The maximum atomic E-state index is 13.0. The number of carbonyl (C=O) groups excluding carboxylic acids is 1. The maximum absolute atomic E-state index is 13.0. The van der Waals surface area contributed by atoms with Gasteiger partial charge in [-0.05, 0) is 50.3 Å². The average Bonchev–Trinajstić information content (AvgIpc) is 2.38. The summed E-state index contributed by atoms with van der Waals surface area (Å²) in [5.74, 6) is 0.344. The number of rotatable bonds is 3. The molecule has 0 bridgehead atoms. The standard InChI is InChI=1S/C15H13FN2O/c1-10-14(4-3-9-19)15(18-11(2)17-10)12-5-7-13(16)8-6-12/h3-9H,1-2H3/b4-3+. The number of carbonyl (C=O) groups is 1. The molecule has 19 heavy (non-hydrogen) atoms. The van der Waals surface area contributed by atoms with Crippen LogP contribution in [0.2, 0.25) is 0 Å². The fourth-order valence-corrected chi connectivity index (χ4v) is 1.88. The van der Waals surface area contributed by atoms with Crippen molar-refractivity contribution < 1.29 is 9.18 Å². The van der Waals surface area contributed by atoms with Gasteiger partial charge in [0.2, 0.25) is 0 Å². The van der Waals surface area contributed by atoms with E-state index in [1.807, 2.05) is 6.92 Å².